The first-order valence-corrected chi connectivity index (χ1v) is 9.06. The van der Waals surface area contributed by atoms with Gasteiger partial charge in [0.1, 0.15) is 18.0 Å². The molecule has 0 unspecified atom stereocenters. The molecular weight excluding hydrogens is 362 g/mol. The number of halogens is 2. The van der Waals surface area contributed by atoms with E-state index >= 15 is 0 Å². The molecule has 8 heteroatoms. The standard InChI is InChI=1S/C20H22F2N6/c1-2-23-20(24-9-8-15-11-17(21)6-7-18(15)22)25-12-14-4-3-5-16(10-14)19-26-13-27-28-19/h3-7,10-11,13H,2,8-9,12H2,1H3,(H2,23,24,25)(H,26,27,28). The van der Waals surface area contributed by atoms with E-state index in [4.69, 9.17) is 0 Å². The molecule has 0 aliphatic carbocycles. The third-order valence-electron chi connectivity index (χ3n) is 4.07. The van der Waals surface area contributed by atoms with Crippen LogP contribution in [0.5, 0.6) is 0 Å². The normalized spacial score (nSPS) is 11.5. The van der Waals surface area contributed by atoms with E-state index in [-0.39, 0.29) is 0 Å². The molecule has 0 saturated carbocycles. The highest BCUT2D eigenvalue weighted by Gasteiger charge is 2.05. The highest BCUT2D eigenvalue weighted by Crippen LogP contribution is 2.16. The summed E-state index contributed by atoms with van der Waals surface area (Å²) in [6, 6.07) is 11.3. The summed E-state index contributed by atoms with van der Waals surface area (Å²) in [5.41, 5.74) is 2.29. The van der Waals surface area contributed by atoms with Crippen molar-refractivity contribution >= 4 is 5.96 Å². The number of hydrogen-bond acceptors (Lipinski definition) is 3. The second-order valence-electron chi connectivity index (χ2n) is 6.14. The Kier molecular flexibility index (Phi) is 6.67. The van der Waals surface area contributed by atoms with Gasteiger partial charge in [-0.25, -0.2) is 18.8 Å². The zero-order chi connectivity index (χ0) is 19.8. The van der Waals surface area contributed by atoms with Gasteiger partial charge in [0.15, 0.2) is 11.8 Å². The van der Waals surface area contributed by atoms with Gasteiger partial charge in [-0.05, 0) is 48.7 Å². The smallest absolute Gasteiger partial charge is 0.191 e. The summed E-state index contributed by atoms with van der Waals surface area (Å²) < 4.78 is 27.0. The van der Waals surface area contributed by atoms with Gasteiger partial charge in [0.05, 0.1) is 6.54 Å². The summed E-state index contributed by atoms with van der Waals surface area (Å²) in [5.74, 6) is 0.468. The summed E-state index contributed by atoms with van der Waals surface area (Å²) >= 11 is 0. The lowest BCUT2D eigenvalue weighted by atomic mass is 10.1. The maximum Gasteiger partial charge on any atom is 0.191 e. The first kappa shape index (κ1) is 19.5. The predicted molar refractivity (Wildman–Crippen MR) is 105 cm³/mol. The molecular formula is C20H22F2N6. The Bertz CT molecular complexity index is 924. The second kappa shape index (κ2) is 9.59. The fourth-order valence-corrected chi connectivity index (χ4v) is 2.72. The maximum absolute atomic E-state index is 13.7. The van der Waals surface area contributed by atoms with Crippen LogP contribution < -0.4 is 10.6 Å². The van der Waals surface area contributed by atoms with Crippen LogP contribution in [0.15, 0.2) is 53.8 Å². The summed E-state index contributed by atoms with van der Waals surface area (Å²) in [4.78, 5) is 8.71. The Hall–Kier alpha value is -3.29. The molecule has 0 aliphatic heterocycles. The number of guanidine groups is 1. The molecule has 0 amide bonds. The van der Waals surface area contributed by atoms with Crippen molar-refractivity contribution in [3.05, 3.63) is 71.6 Å². The van der Waals surface area contributed by atoms with Crippen molar-refractivity contribution in [3.8, 4) is 11.4 Å². The largest absolute Gasteiger partial charge is 0.357 e. The SMILES string of the molecule is CCNC(=NCc1cccc(-c2ncn[nH]2)c1)NCCc1cc(F)ccc1F. The average Bonchev–Trinajstić information content (AvgIpc) is 3.24. The van der Waals surface area contributed by atoms with Crippen LogP contribution in [-0.2, 0) is 13.0 Å². The first-order chi connectivity index (χ1) is 13.7. The molecule has 0 saturated heterocycles. The molecule has 2 aromatic carbocycles. The molecule has 0 bridgehead atoms. The van der Waals surface area contributed by atoms with E-state index in [9.17, 15) is 8.78 Å². The average molecular weight is 384 g/mol. The number of H-pyrrole nitrogens is 1. The fraction of sp³-hybridized carbons (Fsp3) is 0.250. The van der Waals surface area contributed by atoms with Crippen LogP contribution in [0.4, 0.5) is 8.78 Å². The van der Waals surface area contributed by atoms with Crippen molar-refractivity contribution in [2.24, 2.45) is 4.99 Å². The van der Waals surface area contributed by atoms with Crippen molar-refractivity contribution in [1.82, 2.24) is 25.8 Å². The Morgan fingerprint density at radius 2 is 2.04 bits per heavy atom. The lowest BCUT2D eigenvalue weighted by Crippen LogP contribution is -2.38. The monoisotopic (exact) mass is 384 g/mol. The van der Waals surface area contributed by atoms with E-state index in [1.54, 1.807) is 0 Å². The summed E-state index contributed by atoms with van der Waals surface area (Å²) in [6.45, 7) is 3.56. The number of nitrogens with zero attached hydrogens (tertiary/aromatic N) is 3. The molecule has 1 aromatic heterocycles. The number of benzene rings is 2. The van der Waals surface area contributed by atoms with Crippen molar-refractivity contribution in [2.75, 3.05) is 13.1 Å². The number of rotatable bonds is 7. The zero-order valence-corrected chi connectivity index (χ0v) is 15.5. The molecule has 146 valence electrons. The molecule has 6 nitrogen and oxygen atoms in total. The van der Waals surface area contributed by atoms with Gasteiger partial charge in [-0.3, -0.25) is 5.10 Å². The highest BCUT2D eigenvalue weighted by molar-refractivity contribution is 5.79. The number of hydrogen-bond donors (Lipinski definition) is 3. The minimum Gasteiger partial charge on any atom is -0.357 e. The second-order valence-corrected chi connectivity index (χ2v) is 6.14. The summed E-state index contributed by atoms with van der Waals surface area (Å²) in [5, 5.41) is 13.0. The van der Waals surface area contributed by atoms with Crippen molar-refractivity contribution in [1.29, 1.82) is 0 Å². The van der Waals surface area contributed by atoms with E-state index in [0.29, 0.717) is 43.4 Å². The van der Waals surface area contributed by atoms with Crippen LogP contribution in [0.25, 0.3) is 11.4 Å². The van der Waals surface area contributed by atoms with Crippen LogP contribution >= 0.6 is 0 Å². The molecule has 28 heavy (non-hydrogen) atoms. The number of nitrogens with one attached hydrogen (secondary N) is 3. The van der Waals surface area contributed by atoms with Gasteiger partial charge in [0.2, 0.25) is 0 Å². The van der Waals surface area contributed by atoms with Crippen LogP contribution in [0.2, 0.25) is 0 Å². The molecule has 3 rings (SSSR count). The lowest BCUT2D eigenvalue weighted by Gasteiger charge is -2.12. The van der Waals surface area contributed by atoms with Crippen molar-refractivity contribution < 1.29 is 8.78 Å². The van der Waals surface area contributed by atoms with E-state index in [1.807, 2.05) is 31.2 Å². The predicted octanol–water partition coefficient (Wildman–Crippen LogP) is 3.05. The number of aromatic nitrogens is 3. The molecule has 0 atom stereocenters. The van der Waals surface area contributed by atoms with Gasteiger partial charge in [-0.15, -0.1) is 0 Å². The molecule has 3 N–H and O–H groups in total. The van der Waals surface area contributed by atoms with Crippen LogP contribution in [0.1, 0.15) is 18.1 Å². The topological polar surface area (TPSA) is 78.0 Å². The molecule has 0 spiro atoms. The Morgan fingerprint density at radius 3 is 2.82 bits per heavy atom. The van der Waals surface area contributed by atoms with E-state index in [1.165, 1.54) is 12.4 Å². The van der Waals surface area contributed by atoms with Gasteiger partial charge >= 0.3 is 0 Å². The molecule has 3 aromatic rings. The molecule has 0 aliphatic rings. The molecule has 1 heterocycles. The number of aromatic amines is 1. The molecule has 0 radical (unpaired) electrons. The minimum atomic E-state index is -0.441. The third-order valence-corrected chi connectivity index (χ3v) is 4.07. The fourth-order valence-electron chi connectivity index (χ4n) is 2.72. The zero-order valence-electron chi connectivity index (χ0n) is 15.5. The maximum atomic E-state index is 13.7. The lowest BCUT2D eigenvalue weighted by molar-refractivity contribution is 0.583. The Morgan fingerprint density at radius 1 is 1.14 bits per heavy atom. The van der Waals surface area contributed by atoms with E-state index in [2.05, 4.69) is 30.8 Å². The summed E-state index contributed by atoms with van der Waals surface area (Å²) in [7, 11) is 0. The Labute approximate surface area is 162 Å². The van der Waals surface area contributed by atoms with Crippen LogP contribution in [0.3, 0.4) is 0 Å². The van der Waals surface area contributed by atoms with Gasteiger partial charge in [0, 0.05) is 18.7 Å². The minimum absolute atomic E-state index is 0.336. The van der Waals surface area contributed by atoms with E-state index in [0.717, 1.165) is 23.3 Å². The third kappa shape index (κ3) is 5.35. The van der Waals surface area contributed by atoms with Crippen LogP contribution in [-0.4, -0.2) is 34.2 Å². The van der Waals surface area contributed by atoms with Crippen molar-refractivity contribution in [2.45, 2.75) is 19.9 Å². The van der Waals surface area contributed by atoms with Gasteiger partial charge in [-0.1, -0.05) is 18.2 Å². The summed E-state index contributed by atoms with van der Waals surface area (Å²) in [6.07, 6.45) is 1.82. The van der Waals surface area contributed by atoms with Gasteiger partial charge in [-0.2, -0.15) is 5.10 Å². The van der Waals surface area contributed by atoms with E-state index < -0.39 is 11.6 Å². The van der Waals surface area contributed by atoms with Crippen molar-refractivity contribution in [3.63, 3.8) is 0 Å². The highest BCUT2D eigenvalue weighted by atomic mass is 19.1. The first-order valence-electron chi connectivity index (χ1n) is 9.06. The Balaban J connectivity index is 1.61. The van der Waals surface area contributed by atoms with Gasteiger partial charge in [0.25, 0.3) is 0 Å². The number of aliphatic imine (C=N–C) groups is 1. The quantitative estimate of drug-likeness (QED) is 0.432. The molecule has 0 fully saturated rings. The van der Waals surface area contributed by atoms with Crippen LogP contribution in [0, 0.1) is 11.6 Å². The van der Waals surface area contributed by atoms with Gasteiger partial charge < -0.3 is 10.6 Å².